The summed E-state index contributed by atoms with van der Waals surface area (Å²) in [5.41, 5.74) is 0. The van der Waals surface area contributed by atoms with Gasteiger partial charge in [0.2, 0.25) is 0 Å². The zero-order chi connectivity index (χ0) is 11.5. The van der Waals surface area contributed by atoms with Crippen molar-refractivity contribution < 1.29 is 4.74 Å². The lowest BCUT2D eigenvalue weighted by molar-refractivity contribution is 0.167. The van der Waals surface area contributed by atoms with Crippen molar-refractivity contribution >= 4 is 10.8 Å². The molecule has 3 nitrogen and oxygen atoms in total. The quantitative estimate of drug-likeness (QED) is 0.856. The van der Waals surface area contributed by atoms with Gasteiger partial charge in [-0.05, 0) is 49.0 Å². The van der Waals surface area contributed by atoms with E-state index < -0.39 is 0 Å². The van der Waals surface area contributed by atoms with Crippen molar-refractivity contribution in [3.63, 3.8) is 0 Å². The number of hydrogen-bond donors (Lipinski definition) is 1. The van der Waals surface area contributed by atoms with Crippen LogP contribution in [0.25, 0.3) is 10.8 Å². The monoisotopic (exact) mass is 228 g/mol. The fourth-order valence-electron chi connectivity index (χ4n) is 2.25. The molecule has 2 aromatic rings. The number of benzene rings is 1. The van der Waals surface area contributed by atoms with E-state index in [1.807, 2.05) is 24.5 Å². The molecule has 3 rings (SSSR count). The molecule has 1 N–H and O–H groups in total. The van der Waals surface area contributed by atoms with Gasteiger partial charge in [0, 0.05) is 24.3 Å². The van der Waals surface area contributed by atoms with Crippen LogP contribution in [-0.2, 0) is 0 Å². The Balaban J connectivity index is 1.80. The van der Waals surface area contributed by atoms with Crippen molar-refractivity contribution in [1.82, 2.24) is 10.3 Å². The second-order valence-corrected chi connectivity index (χ2v) is 4.47. The van der Waals surface area contributed by atoms with Gasteiger partial charge in [-0.2, -0.15) is 0 Å². The molecule has 1 atom stereocenters. The number of hydrogen-bond acceptors (Lipinski definition) is 3. The number of aromatic nitrogens is 1. The molecule has 1 fully saturated rings. The fourth-order valence-corrected chi connectivity index (χ4v) is 2.25. The molecule has 17 heavy (non-hydrogen) atoms. The molecule has 1 saturated heterocycles. The van der Waals surface area contributed by atoms with Gasteiger partial charge in [-0.1, -0.05) is 0 Å². The van der Waals surface area contributed by atoms with Crippen LogP contribution in [0.15, 0.2) is 36.7 Å². The van der Waals surface area contributed by atoms with Crippen LogP contribution in [0, 0.1) is 0 Å². The Morgan fingerprint density at radius 1 is 1.24 bits per heavy atom. The van der Waals surface area contributed by atoms with Gasteiger partial charge in [-0.15, -0.1) is 0 Å². The zero-order valence-electron chi connectivity index (χ0n) is 9.73. The molecule has 2 heterocycles. The molecule has 0 amide bonds. The van der Waals surface area contributed by atoms with Crippen molar-refractivity contribution in [2.75, 3.05) is 13.1 Å². The summed E-state index contributed by atoms with van der Waals surface area (Å²) in [5, 5.41) is 5.69. The Hall–Kier alpha value is -1.61. The minimum absolute atomic E-state index is 0.308. The van der Waals surface area contributed by atoms with Crippen LogP contribution in [0.4, 0.5) is 0 Å². The van der Waals surface area contributed by atoms with Crippen LogP contribution in [0.1, 0.15) is 12.8 Å². The average Bonchev–Trinajstić information content (AvgIpc) is 2.40. The van der Waals surface area contributed by atoms with Crippen molar-refractivity contribution in [2.45, 2.75) is 18.9 Å². The lowest BCUT2D eigenvalue weighted by Gasteiger charge is -2.24. The maximum Gasteiger partial charge on any atom is 0.120 e. The third-order valence-electron chi connectivity index (χ3n) is 3.17. The van der Waals surface area contributed by atoms with E-state index >= 15 is 0 Å². The summed E-state index contributed by atoms with van der Waals surface area (Å²) in [6, 6.07) is 8.19. The summed E-state index contributed by atoms with van der Waals surface area (Å²) in [6.07, 6.45) is 6.34. The predicted octanol–water partition coefficient (Wildman–Crippen LogP) is 2.37. The van der Waals surface area contributed by atoms with E-state index in [0.717, 1.165) is 30.6 Å². The highest BCUT2D eigenvalue weighted by molar-refractivity contribution is 5.82. The van der Waals surface area contributed by atoms with Gasteiger partial charge < -0.3 is 10.1 Å². The normalized spacial score (nSPS) is 20.4. The Morgan fingerprint density at radius 3 is 3.12 bits per heavy atom. The maximum atomic E-state index is 5.98. The van der Waals surface area contributed by atoms with E-state index in [0.29, 0.717) is 6.10 Å². The highest BCUT2D eigenvalue weighted by atomic mass is 16.5. The molecule has 0 bridgehead atoms. The van der Waals surface area contributed by atoms with Gasteiger partial charge in [-0.25, -0.2) is 0 Å². The SMILES string of the molecule is c1cc2cc(OC3CCCNC3)ccc2cn1. The first-order valence-electron chi connectivity index (χ1n) is 6.13. The van der Waals surface area contributed by atoms with Gasteiger partial charge in [0.25, 0.3) is 0 Å². The molecular formula is C14H16N2O. The Labute approximate surface area is 101 Å². The molecule has 1 aromatic heterocycles. The lowest BCUT2D eigenvalue weighted by atomic mass is 10.1. The highest BCUT2D eigenvalue weighted by Crippen LogP contribution is 2.21. The van der Waals surface area contributed by atoms with Crippen LogP contribution in [-0.4, -0.2) is 24.2 Å². The predicted molar refractivity (Wildman–Crippen MR) is 68.3 cm³/mol. The van der Waals surface area contributed by atoms with Gasteiger partial charge in [0.1, 0.15) is 11.9 Å². The molecule has 0 radical (unpaired) electrons. The summed E-state index contributed by atoms with van der Waals surface area (Å²) in [7, 11) is 0. The van der Waals surface area contributed by atoms with Crippen LogP contribution >= 0.6 is 0 Å². The zero-order valence-corrected chi connectivity index (χ0v) is 9.73. The van der Waals surface area contributed by atoms with E-state index in [-0.39, 0.29) is 0 Å². The molecule has 1 aromatic carbocycles. The topological polar surface area (TPSA) is 34.1 Å². The van der Waals surface area contributed by atoms with E-state index in [1.165, 1.54) is 11.8 Å². The third kappa shape index (κ3) is 2.39. The first kappa shape index (κ1) is 10.5. The summed E-state index contributed by atoms with van der Waals surface area (Å²) < 4.78 is 5.98. The minimum Gasteiger partial charge on any atom is -0.489 e. The Kier molecular flexibility index (Phi) is 2.92. The standard InChI is InChI=1S/C14H16N2O/c1-2-14(10-15-6-1)17-13-4-3-12-9-16-7-5-11(12)8-13/h3-5,7-9,14-15H,1-2,6,10H2. The maximum absolute atomic E-state index is 5.98. The molecule has 88 valence electrons. The molecule has 1 aliphatic heterocycles. The molecule has 3 heteroatoms. The summed E-state index contributed by atoms with van der Waals surface area (Å²) in [6.45, 7) is 2.07. The van der Waals surface area contributed by atoms with Crippen LogP contribution in [0.3, 0.4) is 0 Å². The van der Waals surface area contributed by atoms with E-state index in [1.54, 1.807) is 0 Å². The number of ether oxygens (including phenoxy) is 1. The number of rotatable bonds is 2. The molecular weight excluding hydrogens is 212 g/mol. The van der Waals surface area contributed by atoms with Gasteiger partial charge in [0.15, 0.2) is 0 Å². The van der Waals surface area contributed by atoms with Crippen LogP contribution in [0.5, 0.6) is 5.75 Å². The molecule has 1 unspecified atom stereocenters. The summed E-state index contributed by atoms with van der Waals surface area (Å²) >= 11 is 0. The van der Waals surface area contributed by atoms with Crippen LogP contribution < -0.4 is 10.1 Å². The Morgan fingerprint density at radius 2 is 2.24 bits per heavy atom. The van der Waals surface area contributed by atoms with E-state index in [4.69, 9.17) is 4.74 Å². The minimum atomic E-state index is 0.308. The largest absolute Gasteiger partial charge is 0.489 e. The third-order valence-corrected chi connectivity index (χ3v) is 3.17. The molecule has 0 spiro atoms. The first-order valence-corrected chi connectivity index (χ1v) is 6.13. The van der Waals surface area contributed by atoms with Gasteiger partial charge in [0.05, 0.1) is 0 Å². The summed E-state index contributed by atoms with van der Waals surface area (Å²) in [4.78, 5) is 4.11. The Bertz CT molecular complexity index is 506. The van der Waals surface area contributed by atoms with E-state index in [9.17, 15) is 0 Å². The average molecular weight is 228 g/mol. The highest BCUT2D eigenvalue weighted by Gasteiger charge is 2.14. The van der Waals surface area contributed by atoms with Crippen molar-refractivity contribution in [1.29, 1.82) is 0 Å². The second kappa shape index (κ2) is 4.72. The molecule has 0 aliphatic carbocycles. The van der Waals surface area contributed by atoms with Crippen molar-refractivity contribution in [3.05, 3.63) is 36.7 Å². The number of nitrogens with one attached hydrogen (secondary N) is 1. The number of nitrogens with zero attached hydrogens (tertiary/aromatic N) is 1. The van der Waals surface area contributed by atoms with Crippen LogP contribution in [0.2, 0.25) is 0 Å². The number of pyridine rings is 1. The number of fused-ring (bicyclic) bond motifs is 1. The molecule has 0 saturated carbocycles. The first-order chi connectivity index (χ1) is 8.42. The number of piperidine rings is 1. The second-order valence-electron chi connectivity index (χ2n) is 4.47. The van der Waals surface area contributed by atoms with Gasteiger partial charge >= 0.3 is 0 Å². The molecule has 1 aliphatic rings. The van der Waals surface area contributed by atoms with Crippen molar-refractivity contribution in [3.8, 4) is 5.75 Å². The van der Waals surface area contributed by atoms with E-state index in [2.05, 4.69) is 22.4 Å². The van der Waals surface area contributed by atoms with Crippen molar-refractivity contribution in [2.24, 2.45) is 0 Å². The van der Waals surface area contributed by atoms with Gasteiger partial charge in [-0.3, -0.25) is 4.98 Å². The summed E-state index contributed by atoms with van der Waals surface area (Å²) in [5.74, 6) is 0.956. The fraction of sp³-hybridized carbons (Fsp3) is 0.357. The smallest absolute Gasteiger partial charge is 0.120 e. The lowest BCUT2D eigenvalue weighted by Crippen LogP contribution is -2.37.